The number of hydrogen-bond donors (Lipinski definition) is 2. The molecule has 0 spiro atoms. The van der Waals surface area contributed by atoms with Crippen molar-refractivity contribution in [3.8, 4) is 0 Å². The minimum atomic E-state index is -0.661. The van der Waals surface area contributed by atoms with E-state index in [1.54, 1.807) is 0 Å². The van der Waals surface area contributed by atoms with Crippen molar-refractivity contribution >= 4 is 0 Å². The molecular formula is C12H23NO. The molecule has 0 aromatic carbocycles. The van der Waals surface area contributed by atoms with Crippen LogP contribution < -0.4 is 5.73 Å². The van der Waals surface area contributed by atoms with Gasteiger partial charge in [-0.15, -0.1) is 0 Å². The molecule has 0 radical (unpaired) electrons. The molecule has 0 heterocycles. The van der Waals surface area contributed by atoms with Gasteiger partial charge in [0, 0.05) is 0 Å². The predicted octanol–water partition coefficient (Wildman–Crippen LogP) is 2.37. The lowest BCUT2D eigenvalue weighted by Gasteiger charge is -2.27. The molecule has 0 fully saturated rings. The van der Waals surface area contributed by atoms with Crippen LogP contribution in [-0.2, 0) is 0 Å². The van der Waals surface area contributed by atoms with Gasteiger partial charge in [-0.25, -0.2) is 0 Å². The molecule has 1 atom stereocenters. The van der Waals surface area contributed by atoms with Gasteiger partial charge in [0.2, 0.25) is 0 Å². The number of rotatable bonds is 3. The molecule has 0 aromatic rings. The minimum Gasteiger partial charge on any atom is -0.386 e. The summed E-state index contributed by atoms with van der Waals surface area (Å²) in [7, 11) is 0. The van der Waals surface area contributed by atoms with E-state index < -0.39 is 5.60 Å². The lowest BCUT2D eigenvalue weighted by molar-refractivity contribution is 0.0868. The summed E-state index contributed by atoms with van der Waals surface area (Å²) in [5.41, 5.74) is 6.05. The third-order valence-electron chi connectivity index (χ3n) is 3.11. The molecule has 1 unspecified atom stereocenters. The molecule has 0 bridgehead atoms. The highest BCUT2D eigenvalue weighted by Crippen LogP contribution is 2.28. The lowest BCUT2D eigenvalue weighted by atomic mass is 9.86. The highest BCUT2D eigenvalue weighted by Gasteiger charge is 2.24. The zero-order chi connectivity index (χ0) is 10.4. The molecule has 0 saturated heterocycles. The third-order valence-corrected chi connectivity index (χ3v) is 3.11. The first kappa shape index (κ1) is 11.7. The van der Waals surface area contributed by atoms with Crippen LogP contribution in [0.3, 0.4) is 0 Å². The Morgan fingerprint density at radius 3 is 2.79 bits per heavy atom. The molecule has 14 heavy (non-hydrogen) atoms. The Balaban J connectivity index is 2.61. The second kappa shape index (κ2) is 5.52. The van der Waals surface area contributed by atoms with Crippen LogP contribution in [0.5, 0.6) is 0 Å². The smallest absolute Gasteiger partial charge is 0.0840 e. The molecule has 0 saturated carbocycles. The summed E-state index contributed by atoms with van der Waals surface area (Å²) < 4.78 is 0. The molecule has 82 valence electrons. The monoisotopic (exact) mass is 197 g/mol. The standard InChI is InChI=1S/C12H23NO/c1-12(14,9-10-13)11-7-5-3-2-4-6-8-11/h7,14H,2-6,8-10,13H2,1H3. The van der Waals surface area contributed by atoms with E-state index in [-0.39, 0.29) is 0 Å². The third kappa shape index (κ3) is 3.43. The van der Waals surface area contributed by atoms with Crippen LogP contribution in [0.2, 0.25) is 0 Å². The van der Waals surface area contributed by atoms with Crippen LogP contribution in [0.25, 0.3) is 0 Å². The van der Waals surface area contributed by atoms with E-state index in [1.165, 1.54) is 31.3 Å². The Labute approximate surface area is 87.2 Å². The fraction of sp³-hybridized carbons (Fsp3) is 0.833. The first-order valence-electron chi connectivity index (χ1n) is 5.79. The van der Waals surface area contributed by atoms with Gasteiger partial charge >= 0.3 is 0 Å². The van der Waals surface area contributed by atoms with E-state index in [9.17, 15) is 5.11 Å². The molecule has 1 rings (SSSR count). The van der Waals surface area contributed by atoms with Gasteiger partial charge in [0.15, 0.2) is 0 Å². The van der Waals surface area contributed by atoms with Crippen LogP contribution >= 0.6 is 0 Å². The highest BCUT2D eigenvalue weighted by molar-refractivity contribution is 5.15. The van der Waals surface area contributed by atoms with Crippen molar-refractivity contribution in [3.05, 3.63) is 11.6 Å². The van der Waals surface area contributed by atoms with Gasteiger partial charge in [0.05, 0.1) is 5.60 Å². The van der Waals surface area contributed by atoms with Crippen LogP contribution in [-0.4, -0.2) is 17.3 Å². The molecule has 0 aromatic heterocycles. The van der Waals surface area contributed by atoms with Crippen molar-refractivity contribution in [2.75, 3.05) is 6.54 Å². The lowest BCUT2D eigenvalue weighted by Crippen LogP contribution is -2.30. The quantitative estimate of drug-likeness (QED) is 0.682. The van der Waals surface area contributed by atoms with Gasteiger partial charge in [0.1, 0.15) is 0 Å². The first-order chi connectivity index (χ1) is 6.67. The van der Waals surface area contributed by atoms with Crippen molar-refractivity contribution in [2.45, 2.75) is 57.5 Å². The van der Waals surface area contributed by atoms with Gasteiger partial charge < -0.3 is 10.8 Å². The Morgan fingerprint density at radius 1 is 1.36 bits per heavy atom. The Bertz CT molecular complexity index is 196. The number of hydrogen-bond acceptors (Lipinski definition) is 2. The zero-order valence-corrected chi connectivity index (χ0v) is 9.26. The summed E-state index contributed by atoms with van der Waals surface area (Å²) in [6.07, 6.45) is 10.2. The second-order valence-electron chi connectivity index (χ2n) is 4.49. The summed E-state index contributed by atoms with van der Waals surface area (Å²) in [6, 6.07) is 0. The van der Waals surface area contributed by atoms with E-state index >= 15 is 0 Å². The SMILES string of the molecule is CC(O)(CCN)C1=CCCCCCC1. The highest BCUT2D eigenvalue weighted by atomic mass is 16.3. The normalized spacial score (nSPS) is 23.2. The summed E-state index contributed by atoms with van der Waals surface area (Å²) in [4.78, 5) is 0. The summed E-state index contributed by atoms with van der Waals surface area (Å²) in [5.74, 6) is 0. The van der Waals surface area contributed by atoms with E-state index in [1.807, 2.05) is 6.92 Å². The maximum absolute atomic E-state index is 10.2. The maximum Gasteiger partial charge on any atom is 0.0840 e. The largest absolute Gasteiger partial charge is 0.386 e. The van der Waals surface area contributed by atoms with Gasteiger partial charge in [-0.1, -0.05) is 18.9 Å². The summed E-state index contributed by atoms with van der Waals surface area (Å²) in [6.45, 7) is 2.46. The van der Waals surface area contributed by atoms with Gasteiger partial charge in [-0.3, -0.25) is 0 Å². The van der Waals surface area contributed by atoms with Gasteiger partial charge in [-0.2, -0.15) is 0 Å². The Kier molecular flexibility index (Phi) is 4.63. The molecule has 0 aliphatic heterocycles. The topological polar surface area (TPSA) is 46.2 Å². The van der Waals surface area contributed by atoms with E-state index in [0.717, 1.165) is 12.8 Å². The van der Waals surface area contributed by atoms with Crippen molar-refractivity contribution in [2.24, 2.45) is 5.73 Å². The molecule has 3 N–H and O–H groups in total. The number of nitrogens with two attached hydrogens (primary N) is 1. The van der Waals surface area contributed by atoms with E-state index in [0.29, 0.717) is 13.0 Å². The van der Waals surface area contributed by atoms with Gasteiger partial charge in [-0.05, 0) is 51.1 Å². The molecule has 0 amide bonds. The maximum atomic E-state index is 10.2. The second-order valence-corrected chi connectivity index (χ2v) is 4.49. The van der Waals surface area contributed by atoms with Crippen molar-refractivity contribution in [3.63, 3.8) is 0 Å². The fourth-order valence-electron chi connectivity index (χ4n) is 2.12. The fourth-order valence-corrected chi connectivity index (χ4v) is 2.12. The summed E-state index contributed by atoms with van der Waals surface area (Å²) >= 11 is 0. The van der Waals surface area contributed by atoms with Crippen molar-refractivity contribution < 1.29 is 5.11 Å². The van der Waals surface area contributed by atoms with Gasteiger partial charge in [0.25, 0.3) is 0 Å². The average Bonchev–Trinajstić information content (AvgIpc) is 2.01. The predicted molar refractivity (Wildman–Crippen MR) is 60.1 cm³/mol. The zero-order valence-electron chi connectivity index (χ0n) is 9.26. The molecule has 1 aliphatic carbocycles. The van der Waals surface area contributed by atoms with Crippen molar-refractivity contribution in [1.29, 1.82) is 0 Å². The molecule has 2 nitrogen and oxygen atoms in total. The number of aliphatic hydroxyl groups is 1. The van der Waals surface area contributed by atoms with Crippen LogP contribution in [0.15, 0.2) is 11.6 Å². The van der Waals surface area contributed by atoms with Crippen LogP contribution in [0.4, 0.5) is 0 Å². The van der Waals surface area contributed by atoms with Crippen molar-refractivity contribution in [1.82, 2.24) is 0 Å². The summed E-state index contributed by atoms with van der Waals surface area (Å²) in [5, 5.41) is 10.2. The molecule has 1 aliphatic rings. The van der Waals surface area contributed by atoms with E-state index in [4.69, 9.17) is 5.73 Å². The Morgan fingerprint density at radius 2 is 2.07 bits per heavy atom. The van der Waals surface area contributed by atoms with E-state index in [2.05, 4.69) is 6.08 Å². The molecular weight excluding hydrogens is 174 g/mol. The number of allylic oxidation sites excluding steroid dienone is 1. The first-order valence-corrected chi connectivity index (χ1v) is 5.79. The Hall–Kier alpha value is -0.340. The van der Waals surface area contributed by atoms with Crippen LogP contribution in [0.1, 0.15) is 51.9 Å². The average molecular weight is 197 g/mol. The van der Waals surface area contributed by atoms with Crippen LogP contribution in [0, 0.1) is 0 Å². The minimum absolute atomic E-state index is 0.560. The molecule has 2 heteroatoms.